The van der Waals surface area contributed by atoms with Crippen LogP contribution in [-0.4, -0.2) is 25.9 Å². The quantitative estimate of drug-likeness (QED) is 0.861. The molecule has 2 aromatic rings. The molecule has 0 saturated heterocycles. The maximum Gasteiger partial charge on any atom is 0.220 e. The molecule has 3 rings (SSSR count). The van der Waals surface area contributed by atoms with Crippen molar-refractivity contribution in [2.45, 2.75) is 30.4 Å². The van der Waals surface area contributed by atoms with Crippen molar-refractivity contribution in [1.29, 1.82) is 0 Å². The van der Waals surface area contributed by atoms with E-state index in [1.54, 1.807) is 37.9 Å². The lowest BCUT2D eigenvalue weighted by molar-refractivity contribution is 0.103. The van der Waals surface area contributed by atoms with Gasteiger partial charge >= 0.3 is 0 Å². The molecule has 1 aliphatic heterocycles. The van der Waals surface area contributed by atoms with Gasteiger partial charge in [0.1, 0.15) is 5.56 Å². The molecule has 0 fully saturated rings. The number of hydrogen-bond donors (Lipinski definition) is 1. The Morgan fingerprint density at radius 2 is 2.24 bits per heavy atom. The lowest BCUT2D eigenvalue weighted by Crippen LogP contribution is -2.05. The van der Waals surface area contributed by atoms with Gasteiger partial charge in [0.2, 0.25) is 11.7 Å². The van der Waals surface area contributed by atoms with Crippen LogP contribution in [0.1, 0.15) is 34.1 Å². The second kappa shape index (κ2) is 5.07. The van der Waals surface area contributed by atoms with Crippen LogP contribution in [0.2, 0.25) is 5.02 Å². The number of aromatic hydroxyl groups is 1. The van der Waals surface area contributed by atoms with Gasteiger partial charge in [0.15, 0.2) is 0 Å². The van der Waals surface area contributed by atoms with Crippen LogP contribution in [-0.2, 0) is 13.5 Å². The standard InChI is InChI=1S/C15H15ClN2O2S/c1-7-6-10-11(16)5-4-9(14(10)21-7)13(19)12-8(2)17-18(3)15(12)20/h4-5,7,20H,6H2,1-3H3. The molecule has 2 heterocycles. The smallest absolute Gasteiger partial charge is 0.220 e. The summed E-state index contributed by atoms with van der Waals surface area (Å²) in [7, 11) is 1.61. The average molecular weight is 323 g/mol. The number of hydrogen-bond acceptors (Lipinski definition) is 4. The number of benzene rings is 1. The van der Waals surface area contributed by atoms with Gasteiger partial charge in [-0.2, -0.15) is 5.10 Å². The predicted octanol–water partition coefficient (Wildman–Crippen LogP) is 3.36. The van der Waals surface area contributed by atoms with Gasteiger partial charge in [0, 0.05) is 27.8 Å². The Labute approximate surface area is 132 Å². The molecule has 1 aromatic heterocycles. The first kappa shape index (κ1) is 14.5. The van der Waals surface area contributed by atoms with Crippen molar-refractivity contribution in [2.75, 3.05) is 0 Å². The maximum atomic E-state index is 12.8. The van der Waals surface area contributed by atoms with Gasteiger partial charge in [0.25, 0.3) is 0 Å². The van der Waals surface area contributed by atoms with Crippen LogP contribution >= 0.6 is 23.4 Å². The highest BCUT2D eigenvalue weighted by Crippen LogP contribution is 2.43. The van der Waals surface area contributed by atoms with E-state index in [-0.39, 0.29) is 17.2 Å². The fraction of sp³-hybridized carbons (Fsp3) is 0.333. The maximum absolute atomic E-state index is 12.8. The number of fused-ring (bicyclic) bond motifs is 1. The van der Waals surface area contributed by atoms with Crippen molar-refractivity contribution in [3.05, 3.63) is 39.5 Å². The van der Waals surface area contributed by atoms with Gasteiger partial charge in [0.05, 0.1) is 5.69 Å². The zero-order valence-corrected chi connectivity index (χ0v) is 13.5. The van der Waals surface area contributed by atoms with Crippen molar-refractivity contribution < 1.29 is 9.90 Å². The Bertz CT molecular complexity index is 755. The lowest BCUT2D eigenvalue weighted by Gasteiger charge is -2.08. The van der Waals surface area contributed by atoms with E-state index in [1.807, 2.05) is 0 Å². The highest BCUT2D eigenvalue weighted by atomic mass is 35.5. The first-order valence-electron chi connectivity index (χ1n) is 6.65. The Morgan fingerprint density at radius 3 is 2.86 bits per heavy atom. The van der Waals surface area contributed by atoms with Crippen molar-refractivity contribution >= 4 is 29.1 Å². The minimum atomic E-state index is -0.201. The van der Waals surface area contributed by atoms with E-state index in [0.717, 1.165) is 16.9 Å². The lowest BCUT2D eigenvalue weighted by atomic mass is 10.00. The molecule has 1 aromatic carbocycles. The third-order valence-electron chi connectivity index (χ3n) is 3.68. The van der Waals surface area contributed by atoms with Crippen LogP contribution in [0.3, 0.4) is 0 Å². The molecule has 1 aliphatic rings. The van der Waals surface area contributed by atoms with E-state index in [0.29, 0.717) is 21.5 Å². The molecule has 0 saturated carbocycles. The number of thioether (sulfide) groups is 1. The van der Waals surface area contributed by atoms with E-state index < -0.39 is 0 Å². The van der Waals surface area contributed by atoms with Crippen molar-refractivity contribution in [2.24, 2.45) is 7.05 Å². The number of aromatic nitrogens is 2. The van der Waals surface area contributed by atoms with E-state index in [2.05, 4.69) is 12.0 Å². The van der Waals surface area contributed by atoms with Crippen molar-refractivity contribution in [1.82, 2.24) is 9.78 Å². The van der Waals surface area contributed by atoms with Gasteiger partial charge in [-0.25, -0.2) is 4.68 Å². The van der Waals surface area contributed by atoms with Gasteiger partial charge in [-0.05, 0) is 31.0 Å². The largest absolute Gasteiger partial charge is 0.493 e. The third kappa shape index (κ3) is 2.24. The second-order valence-electron chi connectivity index (χ2n) is 5.27. The topological polar surface area (TPSA) is 55.1 Å². The molecule has 1 N–H and O–H groups in total. The summed E-state index contributed by atoms with van der Waals surface area (Å²) in [5.74, 6) is -0.301. The summed E-state index contributed by atoms with van der Waals surface area (Å²) in [5.41, 5.74) is 2.41. The summed E-state index contributed by atoms with van der Waals surface area (Å²) in [4.78, 5) is 13.7. The number of halogens is 1. The Kier molecular flexibility index (Phi) is 3.50. The van der Waals surface area contributed by atoms with Crippen LogP contribution in [0.4, 0.5) is 0 Å². The molecule has 21 heavy (non-hydrogen) atoms. The number of aryl methyl sites for hydroxylation is 2. The molecule has 1 unspecified atom stereocenters. The monoisotopic (exact) mass is 322 g/mol. The molecule has 4 nitrogen and oxygen atoms in total. The Balaban J connectivity index is 2.14. The van der Waals surface area contributed by atoms with Gasteiger partial charge in [-0.15, -0.1) is 11.8 Å². The zero-order chi connectivity index (χ0) is 15.3. The number of ketones is 1. The van der Waals surface area contributed by atoms with E-state index in [1.165, 1.54) is 4.68 Å². The molecular weight excluding hydrogens is 308 g/mol. The summed E-state index contributed by atoms with van der Waals surface area (Å²) in [6.07, 6.45) is 0.859. The summed E-state index contributed by atoms with van der Waals surface area (Å²) >= 11 is 7.89. The molecule has 0 spiro atoms. The van der Waals surface area contributed by atoms with Crippen LogP contribution in [0.5, 0.6) is 5.88 Å². The third-order valence-corrected chi connectivity index (χ3v) is 5.30. The van der Waals surface area contributed by atoms with E-state index in [4.69, 9.17) is 11.6 Å². The summed E-state index contributed by atoms with van der Waals surface area (Å²) in [5, 5.41) is 15.2. The zero-order valence-electron chi connectivity index (χ0n) is 12.0. The number of rotatable bonds is 2. The highest BCUT2D eigenvalue weighted by Gasteiger charge is 2.29. The summed E-state index contributed by atoms with van der Waals surface area (Å²) in [6.45, 7) is 3.83. The average Bonchev–Trinajstić information content (AvgIpc) is 2.91. The molecule has 0 amide bonds. The van der Waals surface area contributed by atoms with E-state index >= 15 is 0 Å². The summed E-state index contributed by atoms with van der Waals surface area (Å²) in [6, 6.07) is 3.50. The van der Waals surface area contributed by atoms with Crippen molar-refractivity contribution in [3.63, 3.8) is 0 Å². The SMILES string of the molecule is Cc1nn(C)c(O)c1C(=O)c1ccc(Cl)c2c1SC(C)C2. The van der Waals surface area contributed by atoms with Gasteiger partial charge in [-0.1, -0.05) is 18.5 Å². The number of nitrogens with zero attached hydrogens (tertiary/aromatic N) is 2. The predicted molar refractivity (Wildman–Crippen MR) is 83.5 cm³/mol. The van der Waals surface area contributed by atoms with Crippen LogP contribution < -0.4 is 0 Å². The molecule has 0 bridgehead atoms. The Morgan fingerprint density at radius 1 is 1.52 bits per heavy atom. The fourth-order valence-corrected chi connectivity index (χ4v) is 4.25. The summed E-state index contributed by atoms with van der Waals surface area (Å²) < 4.78 is 1.31. The van der Waals surface area contributed by atoms with Gasteiger partial charge in [-0.3, -0.25) is 4.79 Å². The first-order chi connectivity index (χ1) is 9.90. The van der Waals surface area contributed by atoms with Crippen molar-refractivity contribution in [3.8, 4) is 5.88 Å². The molecule has 0 aliphatic carbocycles. The normalized spacial score (nSPS) is 17.0. The number of carbonyl (C=O) groups is 1. The molecule has 0 radical (unpaired) electrons. The number of carbonyl (C=O) groups excluding carboxylic acids is 1. The molecule has 1 atom stereocenters. The van der Waals surface area contributed by atoms with E-state index in [9.17, 15) is 9.90 Å². The van der Waals surface area contributed by atoms with Crippen LogP contribution in [0.25, 0.3) is 0 Å². The highest BCUT2D eigenvalue weighted by molar-refractivity contribution is 8.00. The second-order valence-corrected chi connectivity index (χ2v) is 7.13. The molecule has 110 valence electrons. The Hall–Kier alpha value is -1.46. The first-order valence-corrected chi connectivity index (χ1v) is 7.91. The van der Waals surface area contributed by atoms with Crippen LogP contribution in [0, 0.1) is 6.92 Å². The minimum Gasteiger partial charge on any atom is -0.493 e. The fourth-order valence-electron chi connectivity index (χ4n) is 2.68. The van der Waals surface area contributed by atoms with Crippen LogP contribution in [0.15, 0.2) is 17.0 Å². The minimum absolute atomic E-state index is 0.0998. The molecular formula is C15H15ClN2O2S. The molecule has 6 heteroatoms. The van der Waals surface area contributed by atoms with Gasteiger partial charge < -0.3 is 5.11 Å².